The lowest BCUT2D eigenvalue weighted by atomic mass is 9.94. The number of nitrogens with one attached hydrogen (secondary N) is 2. The SMILES string of the molecule is CC(C)C(C)NC(=O)C1CCN(CC(=O)N2CCC(C(=O)Nc3ccccc3)CC2)CC1. The van der Waals surface area contributed by atoms with E-state index < -0.39 is 0 Å². The van der Waals surface area contributed by atoms with E-state index >= 15 is 0 Å². The summed E-state index contributed by atoms with van der Waals surface area (Å²) >= 11 is 0. The lowest BCUT2D eigenvalue weighted by Crippen LogP contribution is -2.48. The molecule has 2 aliphatic heterocycles. The van der Waals surface area contributed by atoms with E-state index in [4.69, 9.17) is 0 Å². The molecule has 0 aliphatic carbocycles. The second kappa shape index (κ2) is 11.5. The van der Waals surface area contributed by atoms with Gasteiger partial charge in [-0.25, -0.2) is 0 Å². The van der Waals surface area contributed by atoms with Gasteiger partial charge >= 0.3 is 0 Å². The van der Waals surface area contributed by atoms with Crippen LogP contribution in [0.25, 0.3) is 0 Å². The molecule has 0 bridgehead atoms. The first kappa shape index (κ1) is 24.2. The lowest BCUT2D eigenvalue weighted by Gasteiger charge is -2.35. The van der Waals surface area contributed by atoms with Gasteiger partial charge in [0.2, 0.25) is 17.7 Å². The fourth-order valence-corrected chi connectivity index (χ4v) is 4.31. The third kappa shape index (κ3) is 6.79. The Morgan fingerprint density at radius 2 is 1.44 bits per heavy atom. The number of carbonyl (C=O) groups is 3. The Bertz CT molecular complexity index is 767. The standard InChI is InChI=1S/C25H38N4O3/c1-18(2)19(3)26-24(31)20-9-13-28(14-10-20)17-23(30)29-15-11-21(12-16-29)25(32)27-22-7-5-4-6-8-22/h4-8,18-21H,9-17H2,1-3H3,(H,26,31)(H,27,32). The molecule has 7 heteroatoms. The Morgan fingerprint density at radius 1 is 0.875 bits per heavy atom. The van der Waals surface area contributed by atoms with Gasteiger partial charge in [-0.15, -0.1) is 0 Å². The number of benzene rings is 1. The quantitative estimate of drug-likeness (QED) is 0.680. The molecule has 2 aliphatic rings. The van der Waals surface area contributed by atoms with Crippen molar-refractivity contribution in [1.82, 2.24) is 15.1 Å². The summed E-state index contributed by atoms with van der Waals surface area (Å²) in [5.41, 5.74) is 0.812. The second-order valence-corrected chi connectivity index (χ2v) is 9.60. The summed E-state index contributed by atoms with van der Waals surface area (Å²) in [6.07, 6.45) is 2.98. The monoisotopic (exact) mass is 442 g/mol. The average molecular weight is 443 g/mol. The van der Waals surface area contributed by atoms with Crippen LogP contribution >= 0.6 is 0 Å². The van der Waals surface area contributed by atoms with Crippen LogP contribution in [0.4, 0.5) is 5.69 Å². The molecule has 0 radical (unpaired) electrons. The Balaban J connectivity index is 1.36. The van der Waals surface area contributed by atoms with Gasteiger partial charge in [0.25, 0.3) is 0 Å². The molecule has 32 heavy (non-hydrogen) atoms. The molecule has 3 rings (SSSR count). The van der Waals surface area contributed by atoms with Gasteiger partial charge in [-0.3, -0.25) is 19.3 Å². The molecule has 2 N–H and O–H groups in total. The molecule has 0 saturated carbocycles. The topological polar surface area (TPSA) is 81.8 Å². The summed E-state index contributed by atoms with van der Waals surface area (Å²) < 4.78 is 0. The highest BCUT2D eigenvalue weighted by molar-refractivity contribution is 5.92. The van der Waals surface area contributed by atoms with E-state index in [0.29, 0.717) is 38.4 Å². The normalized spacial score (nSPS) is 19.6. The van der Waals surface area contributed by atoms with E-state index in [1.54, 1.807) is 0 Å². The zero-order valence-corrected chi connectivity index (χ0v) is 19.7. The predicted octanol–water partition coefficient (Wildman–Crippen LogP) is 2.74. The van der Waals surface area contributed by atoms with Gasteiger partial charge in [-0.05, 0) is 63.7 Å². The van der Waals surface area contributed by atoms with E-state index in [2.05, 4.69) is 29.4 Å². The van der Waals surface area contributed by atoms with Gasteiger partial charge < -0.3 is 15.5 Å². The Kier molecular flexibility index (Phi) is 8.67. The lowest BCUT2D eigenvalue weighted by molar-refractivity contribution is -0.136. The van der Waals surface area contributed by atoms with E-state index in [9.17, 15) is 14.4 Å². The van der Waals surface area contributed by atoms with E-state index in [-0.39, 0.29) is 35.6 Å². The first-order chi connectivity index (χ1) is 15.3. The zero-order chi connectivity index (χ0) is 23.1. The van der Waals surface area contributed by atoms with Crippen LogP contribution in [0.3, 0.4) is 0 Å². The maximum absolute atomic E-state index is 12.8. The van der Waals surface area contributed by atoms with Crippen molar-refractivity contribution in [2.24, 2.45) is 17.8 Å². The molecule has 7 nitrogen and oxygen atoms in total. The zero-order valence-electron chi connectivity index (χ0n) is 19.7. The molecule has 0 aromatic heterocycles. The number of amides is 3. The molecular formula is C25H38N4O3. The minimum atomic E-state index is -0.0539. The maximum Gasteiger partial charge on any atom is 0.236 e. The molecule has 176 valence electrons. The fourth-order valence-electron chi connectivity index (χ4n) is 4.31. The van der Waals surface area contributed by atoms with Gasteiger partial charge in [-0.1, -0.05) is 32.0 Å². The van der Waals surface area contributed by atoms with Crippen molar-refractivity contribution >= 4 is 23.4 Å². The Morgan fingerprint density at radius 3 is 2.03 bits per heavy atom. The second-order valence-electron chi connectivity index (χ2n) is 9.60. The van der Waals surface area contributed by atoms with Gasteiger partial charge in [0.05, 0.1) is 6.54 Å². The van der Waals surface area contributed by atoms with Gasteiger partial charge in [0.15, 0.2) is 0 Å². The van der Waals surface area contributed by atoms with Crippen LogP contribution in [0.5, 0.6) is 0 Å². The molecule has 1 unspecified atom stereocenters. The van der Waals surface area contributed by atoms with Crippen molar-refractivity contribution in [3.05, 3.63) is 30.3 Å². The van der Waals surface area contributed by atoms with Crippen LogP contribution < -0.4 is 10.6 Å². The largest absolute Gasteiger partial charge is 0.353 e. The smallest absolute Gasteiger partial charge is 0.236 e. The van der Waals surface area contributed by atoms with E-state index in [1.807, 2.05) is 42.2 Å². The van der Waals surface area contributed by atoms with Crippen LogP contribution in [-0.2, 0) is 14.4 Å². The summed E-state index contributed by atoms with van der Waals surface area (Å²) in [6, 6.07) is 9.67. The highest BCUT2D eigenvalue weighted by Crippen LogP contribution is 2.21. The molecule has 2 saturated heterocycles. The minimum Gasteiger partial charge on any atom is -0.353 e. The van der Waals surface area contributed by atoms with Crippen molar-refractivity contribution in [2.45, 2.75) is 52.5 Å². The third-order valence-corrected chi connectivity index (χ3v) is 6.95. The molecule has 1 atom stereocenters. The van der Waals surface area contributed by atoms with Crippen molar-refractivity contribution in [3.63, 3.8) is 0 Å². The molecule has 1 aromatic rings. The maximum atomic E-state index is 12.8. The van der Waals surface area contributed by atoms with Crippen LogP contribution in [-0.4, -0.2) is 66.3 Å². The highest BCUT2D eigenvalue weighted by atomic mass is 16.2. The number of carbonyl (C=O) groups excluding carboxylic acids is 3. The van der Waals surface area contributed by atoms with Crippen LogP contribution in [0.1, 0.15) is 46.5 Å². The van der Waals surface area contributed by atoms with Crippen LogP contribution in [0, 0.1) is 17.8 Å². The highest BCUT2D eigenvalue weighted by Gasteiger charge is 2.30. The molecule has 1 aromatic carbocycles. The van der Waals surface area contributed by atoms with Gasteiger partial charge in [0, 0.05) is 36.7 Å². The first-order valence-corrected chi connectivity index (χ1v) is 12.0. The molecule has 3 amide bonds. The summed E-state index contributed by atoms with van der Waals surface area (Å²) in [6.45, 7) is 9.46. The van der Waals surface area contributed by atoms with Crippen LogP contribution in [0.15, 0.2) is 30.3 Å². The van der Waals surface area contributed by atoms with Crippen molar-refractivity contribution in [2.75, 3.05) is 38.0 Å². The number of hydrogen-bond donors (Lipinski definition) is 2. The third-order valence-electron chi connectivity index (χ3n) is 6.95. The van der Waals surface area contributed by atoms with E-state index in [1.165, 1.54) is 0 Å². The summed E-state index contributed by atoms with van der Waals surface area (Å²) in [5.74, 6) is 0.722. The average Bonchev–Trinajstić information content (AvgIpc) is 2.80. The van der Waals surface area contributed by atoms with Crippen LogP contribution in [0.2, 0.25) is 0 Å². The Hall–Kier alpha value is -2.41. The van der Waals surface area contributed by atoms with Crippen molar-refractivity contribution in [3.8, 4) is 0 Å². The number of piperidine rings is 2. The summed E-state index contributed by atoms with van der Waals surface area (Å²) in [4.78, 5) is 41.8. The molecule has 0 spiro atoms. The van der Waals surface area contributed by atoms with Crippen molar-refractivity contribution in [1.29, 1.82) is 0 Å². The van der Waals surface area contributed by atoms with Gasteiger partial charge in [-0.2, -0.15) is 0 Å². The number of likely N-dealkylation sites (tertiary alicyclic amines) is 2. The first-order valence-electron chi connectivity index (χ1n) is 12.0. The molecule has 2 heterocycles. The predicted molar refractivity (Wildman–Crippen MR) is 126 cm³/mol. The van der Waals surface area contributed by atoms with E-state index in [0.717, 1.165) is 31.6 Å². The molecule has 2 fully saturated rings. The number of hydrogen-bond acceptors (Lipinski definition) is 4. The number of para-hydroxylation sites is 1. The number of nitrogens with zero attached hydrogens (tertiary/aromatic N) is 2. The number of anilines is 1. The summed E-state index contributed by atoms with van der Waals surface area (Å²) in [7, 11) is 0. The summed E-state index contributed by atoms with van der Waals surface area (Å²) in [5, 5.41) is 6.09. The number of rotatable bonds is 7. The van der Waals surface area contributed by atoms with Gasteiger partial charge in [0.1, 0.15) is 0 Å². The molecular weight excluding hydrogens is 404 g/mol. The fraction of sp³-hybridized carbons (Fsp3) is 0.640. The van der Waals surface area contributed by atoms with Crippen molar-refractivity contribution < 1.29 is 14.4 Å². The Labute approximate surface area is 191 Å². The minimum absolute atomic E-state index is 0.0374.